The number of aliphatic hydroxyl groups is 1. The third-order valence-electron chi connectivity index (χ3n) is 7.22. The largest absolute Gasteiger partial charge is 0.395 e. The van der Waals surface area contributed by atoms with Gasteiger partial charge < -0.3 is 14.9 Å². The minimum Gasteiger partial charge on any atom is -0.395 e. The summed E-state index contributed by atoms with van der Waals surface area (Å²) in [7, 11) is 0. The van der Waals surface area contributed by atoms with Gasteiger partial charge in [0.25, 0.3) is 0 Å². The Morgan fingerprint density at radius 2 is 2.00 bits per heavy atom. The van der Waals surface area contributed by atoms with E-state index in [1.165, 1.54) is 12.8 Å². The Labute approximate surface area is 204 Å². The molecule has 2 fully saturated rings. The topological polar surface area (TPSA) is 70.3 Å². The SMILES string of the molecule is Cc1nn([C@H](C)c2ccc(Cl)cc2Cl)c2nc(N3CC(C4CCCN(CCO)C4)C3)ncc12. The highest BCUT2D eigenvalue weighted by Gasteiger charge is 2.37. The van der Waals surface area contributed by atoms with Crippen LogP contribution in [0.3, 0.4) is 0 Å². The zero-order chi connectivity index (χ0) is 23.1. The van der Waals surface area contributed by atoms with Crippen LogP contribution in [0.4, 0.5) is 5.95 Å². The first-order valence-corrected chi connectivity index (χ1v) is 12.4. The molecule has 0 bridgehead atoms. The average Bonchev–Trinajstić information content (AvgIpc) is 3.09. The van der Waals surface area contributed by atoms with Gasteiger partial charge in [-0.2, -0.15) is 10.1 Å². The minimum atomic E-state index is -0.0856. The van der Waals surface area contributed by atoms with Gasteiger partial charge in [-0.05, 0) is 62.8 Å². The summed E-state index contributed by atoms with van der Waals surface area (Å²) in [5.74, 6) is 2.10. The van der Waals surface area contributed by atoms with E-state index in [9.17, 15) is 5.11 Å². The van der Waals surface area contributed by atoms with E-state index in [2.05, 4.69) is 21.7 Å². The highest BCUT2D eigenvalue weighted by molar-refractivity contribution is 6.35. The Balaban J connectivity index is 1.35. The highest BCUT2D eigenvalue weighted by Crippen LogP contribution is 2.34. The number of likely N-dealkylation sites (tertiary alicyclic amines) is 1. The second kappa shape index (κ2) is 9.37. The summed E-state index contributed by atoms with van der Waals surface area (Å²) >= 11 is 12.6. The van der Waals surface area contributed by atoms with Crippen LogP contribution < -0.4 is 4.90 Å². The minimum absolute atomic E-state index is 0.0856. The molecule has 2 aliphatic rings. The normalized spacial score (nSPS) is 20.9. The van der Waals surface area contributed by atoms with E-state index >= 15 is 0 Å². The number of benzene rings is 1. The van der Waals surface area contributed by atoms with Gasteiger partial charge in [0.15, 0.2) is 5.65 Å². The summed E-state index contributed by atoms with van der Waals surface area (Å²) < 4.78 is 1.94. The number of rotatable bonds is 6. The first kappa shape index (κ1) is 22.8. The molecule has 0 aliphatic carbocycles. The number of nitrogens with zero attached hydrogens (tertiary/aromatic N) is 6. The summed E-state index contributed by atoms with van der Waals surface area (Å²) in [6.45, 7) is 9.24. The zero-order valence-corrected chi connectivity index (χ0v) is 20.6. The average molecular weight is 489 g/mol. The molecule has 3 aromatic rings. The molecule has 1 aromatic carbocycles. The van der Waals surface area contributed by atoms with Crippen LogP contribution in [-0.4, -0.2) is 69.1 Å². The number of aromatic nitrogens is 4. The van der Waals surface area contributed by atoms with Crippen molar-refractivity contribution >= 4 is 40.2 Å². The van der Waals surface area contributed by atoms with Gasteiger partial charge in [-0.15, -0.1) is 0 Å². The summed E-state index contributed by atoms with van der Waals surface area (Å²) in [6.07, 6.45) is 4.38. The fourth-order valence-electron chi connectivity index (χ4n) is 5.25. The van der Waals surface area contributed by atoms with E-state index in [1.54, 1.807) is 6.07 Å². The van der Waals surface area contributed by atoms with Gasteiger partial charge in [-0.25, -0.2) is 9.67 Å². The summed E-state index contributed by atoms with van der Waals surface area (Å²) in [4.78, 5) is 14.3. The van der Waals surface area contributed by atoms with E-state index < -0.39 is 0 Å². The lowest BCUT2D eigenvalue weighted by Crippen LogP contribution is -2.54. The van der Waals surface area contributed by atoms with Crippen LogP contribution in [0.15, 0.2) is 24.4 Å². The Morgan fingerprint density at radius 3 is 2.76 bits per heavy atom. The molecule has 2 atom stereocenters. The summed E-state index contributed by atoms with van der Waals surface area (Å²) in [5, 5.41) is 16.2. The maximum atomic E-state index is 9.27. The zero-order valence-electron chi connectivity index (χ0n) is 19.1. The van der Waals surface area contributed by atoms with Gasteiger partial charge in [-0.3, -0.25) is 0 Å². The van der Waals surface area contributed by atoms with Crippen molar-refractivity contribution in [3.63, 3.8) is 0 Å². The van der Waals surface area contributed by atoms with Crippen LogP contribution in [0.2, 0.25) is 10.0 Å². The molecule has 4 heterocycles. The molecule has 0 saturated carbocycles. The quantitative estimate of drug-likeness (QED) is 0.560. The number of piperidine rings is 1. The maximum absolute atomic E-state index is 9.27. The van der Waals surface area contributed by atoms with Crippen molar-refractivity contribution < 1.29 is 5.11 Å². The first-order chi connectivity index (χ1) is 15.9. The van der Waals surface area contributed by atoms with Crippen molar-refractivity contribution in [1.29, 1.82) is 0 Å². The number of β-amino-alcohol motifs (C(OH)–C–C–N with tert-alkyl or cyclic N) is 1. The molecule has 0 spiro atoms. The molecule has 7 nitrogen and oxygen atoms in total. The number of hydrogen-bond acceptors (Lipinski definition) is 6. The van der Waals surface area contributed by atoms with Gasteiger partial charge in [0.05, 0.1) is 23.7 Å². The lowest BCUT2D eigenvalue weighted by molar-refractivity contribution is 0.101. The van der Waals surface area contributed by atoms with E-state index in [1.807, 2.05) is 29.9 Å². The molecular formula is C24H30Cl2N6O. The van der Waals surface area contributed by atoms with Crippen LogP contribution in [0.25, 0.3) is 11.0 Å². The number of anilines is 1. The first-order valence-electron chi connectivity index (χ1n) is 11.7. The Kier molecular flexibility index (Phi) is 6.49. The van der Waals surface area contributed by atoms with Crippen molar-refractivity contribution in [1.82, 2.24) is 24.6 Å². The number of aryl methyl sites for hydroxylation is 1. The number of hydrogen-bond donors (Lipinski definition) is 1. The van der Waals surface area contributed by atoms with Crippen LogP contribution in [0, 0.1) is 18.8 Å². The van der Waals surface area contributed by atoms with Crippen LogP contribution >= 0.6 is 23.2 Å². The van der Waals surface area contributed by atoms with Crippen molar-refractivity contribution in [2.24, 2.45) is 11.8 Å². The number of fused-ring (bicyclic) bond motifs is 1. The second-order valence-corrected chi connectivity index (χ2v) is 10.2. The molecule has 176 valence electrons. The summed E-state index contributed by atoms with van der Waals surface area (Å²) in [5.41, 5.74) is 2.69. The lowest BCUT2D eigenvalue weighted by Gasteiger charge is -2.46. The molecule has 2 saturated heterocycles. The third kappa shape index (κ3) is 4.44. The molecule has 1 N–H and O–H groups in total. The van der Waals surface area contributed by atoms with Crippen LogP contribution in [-0.2, 0) is 0 Å². The lowest BCUT2D eigenvalue weighted by atomic mass is 9.81. The van der Waals surface area contributed by atoms with E-state index in [0.717, 1.165) is 61.0 Å². The van der Waals surface area contributed by atoms with Crippen molar-refractivity contribution in [2.45, 2.75) is 32.7 Å². The highest BCUT2D eigenvalue weighted by atomic mass is 35.5. The predicted molar refractivity (Wildman–Crippen MR) is 132 cm³/mol. The molecule has 0 amide bonds. The second-order valence-electron chi connectivity index (χ2n) is 9.37. The van der Waals surface area contributed by atoms with Crippen molar-refractivity contribution in [3.8, 4) is 0 Å². The number of halogens is 2. The fourth-order valence-corrected chi connectivity index (χ4v) is 5.81. The molecule has 0 radical (unpaired) electrons. The third-order valence-corrected chi connectivity index (χ3v) is 7.78. The fraction of sp³-hybridized carbons (Fsp3) is 0.542. The van der Waals surface area contributed by atoms with Crippen LogP contribution in [0.5, 0.6) is 0 Å². The van der Waals surface area contributed by atoms with Crippen molar-refractivity contribution in [3.05, 3.63) is 45.7 Å². The van der Waals surface area contributed by atoms with E-state index in [0.29, 0.717) is 21.9 Å². The predicted octanol–water partition coefficient (Wildman–Crippen LogP) is 4.19. The monoisotopic (exact) mass is 488 g/mol. The molecule has 5 rings (SSSR count). The summed E-state index contributed by atoms with van der Waals surface area (Å²) in [6, 6.07) is 5.48. The smallest absolute Gasteiger partial charge is 0.227 e. The molecule has 9 heteroatoms. The van der Waals surface area contributed by atoms with E-state index in [-0.39, 0.29) is 12.6 Å². The van der Waals surface area contributed by atoms with Gasteiger partial charge in [-0.1, -0.05) is 29.3 Å². The number of aliphatic hydroxyl groups excluding tert-OH is 1. The van der Waals surface area contributed by atoms with Crippen LogP contribution in [0.1, 0.15) is 37.1 Å². The van der Waals surface area contributed by atoms with Gasteiger partial charge in [0, 0.05) is 42.4 Å². The Morgan fingerprint density at radius 1 is 1.18 bits per heavy atom. The molecule has 2 aromatic heterocycles. The molecular weight excluding hydrogens is 459 g/mol. The van der Waals surface area contributed by atoms with Crippen molar-refractivity contribution in [2.75, 3.05) is 44.2 Å². The van der Waals surface area contributed by atoms with E-state index in [4.69, 9.17) is 33.3 Å². The molecule has 2 aliphatic heterocycles. The Hall–Kier alpha value is -1.93. The molecule has 33 heavy (non-hydrogen) atoms. The Bertz CT molecular complexity index is 1140. The van der Waals surface area contributed by atoms with Gasteiger partial charge in [0.2, 0.25) is 5.95 Å². The van der Waals surface area contributed by atoms with Gasteiger partial charge >= 0.3 is 0 Å². The van der Waals surface area contributed by atoms with Gasteiger partial charge in [0.1, 0.15) is 0 Å². The standard InChI is InChI=1S/C24H30Cl2N6O/c1-15-21-11-27-24(31-13-18(14-31)17-4-3-7-30(12-17)8-9-33)28-23(21)32(29-15)16(2)20-6-5-19(25)10-22(20)26/h5-6,10-11,16-18,33H,3-4,7-9,12-14H2,1-2H3/t16-,17?/m1/s1. The maximum Gasteiger partial charge on any atom is 0.227 e. The molecule has 1 unspecified atom stereocenters.